The van der Waals surface area contributed by atoms with Crippen LogP contribution in [0.25, 0.3) is 32.8 Å². The number of phenols is 2. The normalized spacial score (nSPS) is 11.5. The van der Waals surface area contributed by atoms with Gasteiger partial charge in [0, 0.05) is 16.3 Å². The second kappa shape index (κ2) is 7.33. The summed E-state index contributed by atoms with van der Waals surface area (Å²) in [7, 11) is 0. The van der Waals surface area contributed by atoms with Gasteiger partial charge in [-0.05, 0) is 41.1 Å². The minimum atomic E-state index is 0.183. The number of aromatic nitrogens is 1. The maximum atomic E-state index is 10.3. The highest BCUT2D eigenvalue weighted by molar-refractivity contribution is 6.03. The first-order valence-corrected chi connectivity index (χ1v) is 9.63. The molecule has 0 radical (unpaired) electrons. The van der Waals surface area contributed by atoms with Crippen molar-refractivity contribution in [3.63, 3.8) is 0 Å². The molecule has 144 valence electrons. The molecule has 0 unspecified atom stereocenters. The third kappa shape index (κ3) is 3.14. The zero-order valence-corrected chi connectivity index (χ0v) is 16.0. The summed E-state index contributed by atoms with van der Waals surface area (Å²) >= 11 is 0. The summed E-state index contributed by atoms with van der Waals surface area (Å²) in [4.78, 5) is 9.44. The zero-order chi connectivity index (χ0) is 20.5. The van der Waals surface area contributed by atoms with Crippen LogP contribution in [0.2, 0.25) is 0 Å². The third-order valence-corrected chi connectivity index (χ3v) is 5.14. The molecule has 1 heterocycles. The fraction of sp³-hybridized carbons (Fsp3) is 0. The maximum absolute atomic E-state index is 10.3. The van der Waals surface area contributed by atoms with Gasteiger partial charge >= 0.3 is 0 Å². The Morgan fingerprint density at radius 1 is 0.700 bits per heavy atom. The lowest BCUT2D eigenvalue weighted by atomic mass is 10.0. The highest BCUT2D eigenvalue weighted by Gasteiger charge is 2.10. The molecule has 0 aliphatic carbocycles. The number of aliphatic imine (C=N–C) groups is 1. The monoisotopic (exact) mass is 390 g/mol. The number of hydrogen-bond acceptors (Lipinski definition) is 4. The number of rotatable bonds is 3. The van der Waals surface area contributed by atoms with Gasteiger partial charge in [0.15, 0.2) is 0 Å². The fourth-order valence-corrected chi connectivity index (χ4v) is 3.69. The molecule has 2 N–H and O–H groups in total. The van der Waals surface area contributed by atoms with Crippen LogP contribution < -0.4 is 0 Å². The number of benzene rings is 4. The predicted octanol–water partition coefficient (Wildman–Crippen LogP) is 6.22. The summed E-state index contributed by atoms with van der Waals surface area (Å²) in [6.07, 6.45) is 1.72. The average molecular weight is 390 g/mol. The van der Waals surface area contributed by atoms with E-state index < -0.39 is 0 Å². The molecule has 0 saturated heterocycles. The van der Waals surface area contributed by atoms with Crippen LogP contribution in [-0.2, 0) is 0 Å². The van der Waals surface area contributed by atoms with Gasteiger partial charge in [0.1, 0.15) is 11.5 Å². The van der Waals surface area contributed by atoms with Crippen molar-refractivity contribution in [2.24, 2.45) is 4.99 Å². The van der Waals surface area contributed by atoms with Crippen molar-refractivity contribution in [2.45, 2.75) is 0 Å². The Kier molecular flexibility index (Phi) is 4.37. The average Bonchev–Trinajstić information content (AvgIpc) is 2.77. The molecule has 0 saturated carbocycles. The van der Waals surface area contributed by atoms with Crippen LogP contribution in [0, 0.1) is 0 Å². The Morgan fingerprint density at radius 2 is 1.40 bits per heavy atom. The zero-order valence-electron chi connectivity index (χ0n) is 16.0. The molecule has 0 aliphatic heterocycles. The van der Waals surface area contributed by atoms with Crippen LogP contribution in [0.4, 0.5) is 5.69 Å². The molecule has 0 bridgehead atoms. The third-order valence-electron chi connectivity index (χ3n) is 5.14. The van der Waals surface area contributed by atoms with Crippen molar-refractivity contribution in [2.75, 3.05) is 0 Å². The molecule has 4 aromatic carbocycles. The molecular weight excluding hydrogens is 372 g/mol. The largest absolute Gasteiger partial charge is 0.507 e. The van der Waals surface area contributed by atoms with Gasteiger partial charge in [-0.2, -0.15) is 0 Å². The number of fused-ring (bicyclic) bond motifs is 2. The lowest BCUT2D eigenvalue weighted by Gasteiger charge is -2.09. The van der Waals surface area contributed by atoms with Gasteiger partial charge in [-0.25, -0.2) is 4.98 Å². The molecule has 5 aromatic rings. The van der Waals surface area contributed by atoms with Crippen LogP contribution in [0.5, 0.6) is 11.5 Å². The van der Waals surface area contributed by atoms with E-state index in [9.17, 15) is 10.2 Å². The number of para-hydroxylation sites is 1. The number of nitrogens with zero attached hydrogens (tertiary/aromatic N) is 2. The van der Waals surface area contributed by atoms with Crippen molar-refractivity contribution >= 4 is 33.4 Å². The van der Waals surface area contributed by atoms with Crippen molar-refractivity contribution in [3.8, 4) is 22.8 Å². The molecule has 0 spiro atoms. The first-order chi connectivity index (χ1) is 14.7. The van der Waals surface area contributed by atoms with E-state index in [-0.39, 0.29) is 11.5 Å². The Balaban J connectivity index is 1.69. The maximum Gasteiger partial charge on any atom is 0.125 e. The van der Waals surface area contributed by atoms with Crippen LogP contribution in [0.1, 0.15) is 5.69 Å². The van der Waals surface area contributed by atoms with Crippen molar-refractivity contribution in [3.05, 3.63) is 96.7 Å². The molecule has 0 atom stereocenters. The molecule has 1 aromatic heterocycles. The standard InChI is InChI=1S/C26H18N2O2/c29-24-13-4-3-11-20(24)22-15-18-7-1-2-10-19(18)23(28-22)16-27-21-12-5-8-17-9-6-14-25(30)26(17)21/h1-16,29-30H. The minimum Gasteiger partial charge on any atom is -0.507 e. The summed E-state index contributed by atoms with van der Waals surface area (Å²) in [5.41, 5.74) is 2.71. The highest BCUT2D eigenvalue weighted by Crippen LogP contribution is 2.34. The van der Waals surface area contributed by atoms with E-state index >= 15 is 0 Å². The van der Waals surface area contributed by atoms with E-state index in [4.69, 9.17) is 4.98 Å². The van der Waals surface area contributed by atoms with E-state index in [2.05, 4.69) is 4.99 Å². The number of pyridine rings is 1. The molecular formula is C26H18N2O2. The molecule has 0 aliphatic rings. The second-order valence-corrected chi connectivity index (χ2v) is 7.04. The topological polar surface area (TPSA) is 65.7 Å². The van der Waals surface area contributed by atoms with Crippen LogP contribution in [0.3, 0.4) is 0 Å². The van der Waals surface area contributed by atoms with Gasteiger partial charge in [0.25, 0.3) is 0 Å². The fourth-order valence-electron chi connectivity index (χ4n) is 3.69. The van der Waals surface area contributed by atoms with Crippen LogP contribution in [0.15, 0.2) is 96.0 Å². The van der Waals surface area contributed by atoms with Gasteiger partial charge in [-0.3, -0.25) is 4.99 Å². The van der Waals surface area contributed by atoms with Gasteiger partial charge in [-0.1, -0.05) is 60.7 Å². The number of hydrogen-bond donors (Lipinski definition) is 2. The summed E-state index contributed by atoms with van der Waals surface area (Å²) < 4.78 is 0. The number of phenolic OH excluding ortho intramolecular Hbond substituents is 2. The lowest BCUT2D eigenvalue weighted by Crippen LogP contribution is -1.94. The molecule has 4 heteroatoms. The Bertz CT molecular complexity index is 1420. The Morgan fingerprint density at radius 3 is 2.27 bits per heavy atom. The van der Waals surface area contributed by atoms with Gasteiger partial charge < -0.3 is 10.2 Å². The van der Waals surface area contributed by atoms with E-state index in [1.807, 2.05) is 72.8 Å². The van der Waals surface area contributed by atoms with E-state index in [0.29, 0.717) is 28.0 Å². The minimum absolute atomic E-state index is 0.183. The van der Waals surface area contributed by atoms with Crippen molar-refractivity contribution in [1.82, 2.24) is 4.98 Å². The number of aromatic hydroxyl groups is 2. The van der Waals surface area contributed by atoms with Gasteiger partial charge in [0.2, 0.25) is 0 Å². The van der Waals surface area contributed by atoms with Gasteiger partial charge in [-0.15, -0.1) is 0 Å². The summed E-state index contributed by atoms with van der Waals surface area (Å²) in [5.74, 6) is 0.378. The first-order valence-electron chi connectivity index (χ1n) is 9.63. The van der Waals surface area contributed by atoms with Crippen LogP contribution in [-0.4, -0.2) is 21.4 Å². The second-order valence-electron chi connectivity index (χ2n) is 7.04. The SMILES string of the molecule is Oc1ccccc1-c1cc2ccccc2c(C=Nc2cccc3cccc(O)c23)n1. The van der Waals surface area contributed by atoms with Crippen molar-refractivity contribution < 1.29 is 10.2 Å². The Labute approximate surface area is 173 Å². The highest BCUT2D eigenvalue weighted by atomic mass is 16.3. The summed E-state index contributed by atoms with van der Waals surface area (Å²) in [6.45, 7) is 0. The Hall–Kier alpha value is -4.18. The van der Waals surface area contributed by atoms with E-state index in [1.54, 1.807) is 24.4 Å². The smallest absolute Gasteiger partial charge is 0.125 e. The van der Waals surface area contributed by atoms with Crippen LogP contribution >= 0.6 is 0 Å². The quantitative estimate of drug-likeness (QED) is 0.360. The lowest BCUT2D eigenvalue weighted by molar-refractivity contribution is 0.477. The van der Waals surface area contributed by atoms with E-state index in [0.717, 1.165) is 16.2 Å². The summed E-state index contributed by atoms with van der Waals surface area (Å²) in [5, 5.41) is 24.2. The predicted molar refractivity (Wildman–Crippen MR) is 122 cm³/mol. The molecule has 0 amide bonds. The molecule has 4 nitrogen and oxygen atoms in total. The van der Waals surface area contributed by atoms with Gasteiger partial charge in [0.05, 0.1) is 23.3 Å². The molecule has 30 heavy (non-hydrogen) atoms. The molecule has 0 fully saturated rings. The summed E-state index contributed by atoms with van der Waals surface area (Å²) in [6, 6.07) is 28.2. The molecule has 5 rings (SSSR count). The van der Waals surface area contributed by atoms with E-state index in [1.165, 1.54) is 0 Å². The van der Waals surface area contributed by atoms with Crippen molar-refractivity contribution in [1.29, 1.82) is 0 Å². The first kappa shape index (κ1) is 17.9.